The topological polar surface area (TPSA) is 189 Å². The van der Waals surface area contributed by atoms with Crippen LogP contribution >= 0.6 is 0 Å². The highest BCUT2D eigenvalue weighted by atomic mass is 16.7. The van der Waals surface area contributed by atoms with Crippen molar-refractivity contribution in [2.45, 2.75) is 30.7 Å². The van der Waals surface area contributed by atoms with Crippen LogP contribution < -0.4 is 19.6 Å². The zero-order valence-electron chi connectivity index (χ0n) is 18.6. The van der Waals surface area contributed by atoms with Crippen LogP contribution in [0.3, 0.4) is 0 Å². The van der Waals surface area contributed by atoms with E-state index in [0.29, 0.717) is 0 Å². The van der Waals surface area contributed by atoms with Crippen molar-refractivity contribution in [2.24, 2.45) is 0 Å². The van der Waals surface area contributed by atoms with Crippen molar-refractivity contribution in [3.05, 3.63) is 40.6 Å². The maximum Gasteiger partial charge on any atom is 0.235 e. The molecule has 1 saturated heterocycles. The fraction of sp³-hybridized carbons (Fsp3) is 0.348. The molecule has 4 rings (SSSR count). The molecule has 3 aromatic rings. The Morgan fingerprint density at radius 2 is 1.57 bits per heavy atom. The van der Waals surface area contributed by atoms with Gasteiger partial charge in [0.05, 0.1) is 26.2 Å². The van der Waals surface area contributed by atoms with E-state index in [1.54, 1.807) is 0 Å². The third-order valence-corrected chi connectivity index (χ3v) is 5.68. The van der Waals surface area contributed by atoms with Gasteiger partial charge in [0.1, 0.15) is 35.7 Å². The van der Waals surface area contributed by atoms with Crippen LogP contribution in [0.15, 0.2) is 39.5 Å². The van der Waals surface area contributed by atoms with E-state index in [-0.39, 0.29) is 45.3 Å². The van der Waals surface area contributed by atoms with Crippen LogP contribution in [0.5, 0.6) is 28.7 Å². The Hall–Kier alpha value is -3.55. The van der Waals surface area contributed by atoms with Crippen molar-refractivity contribution in [3.8, 4) is 40.1 Å². The van der Waals surface area contributed by atoms with E-state index >= 15 is 0 Å². The minimum atomic E-state index is -1.64. The van der Waals surface area contributed by atoms with Gasteiger partial charge >= 0.3 is 0 Å². The second-order valence-corrected chi connectivity index (χ2v) is 7.81. The average molecular weight is 492 g/mol. The van der Waals surface area contributed by atoms with Gasteiger partial charge in [-0.15, -0.1) is 0 Å². The maximum absolute atomic E-state index is 12.8. The molecular weight excluding hydrogens is 468 g/mol. The molecule has 0 bridgehead atoms. The molecule has 2 aromatic carbocycles. The lowest BCUT2D eigenvalue weighted by Crippen LogP contribution is -2.60. The number of hydrogen-bond acceptors (Lipinski definition) is 12. The highest BCUT2D eigenvalue weighted by Crippen LogP contribution is 2.42. The molecule has 0 unspecified atom stereocenters. The molecule has 0 spiro atoms. The van der Waals surface area contributed by atoms with Gasteiger partial charge in [0.2, 0.25) is 23.2 Å². The SMILES string of the molecule is COc1cc(-c2oc3cc(O[C@@H]4O[C@H](CO)[C@H](O)[C@H](O)[C@H]4O)ccc3c(=O)c2O)cc(OC)c1O. The third-order valence-electron chi connectivity index (χ3n) is 5.68. The predicted molar refractivity (Wildman–Crippen MR) is 119 cm³/mol. The summed E-state index contributed by atoms with van der Waals surface area (Å²) in [6.45, 7) is -0.625. The Morgan fingerprint density at radius 3 is 2.17 bits per heavy atom. The molecule has 0 saturated carbocycles. The molecule has 5 atom stereocenters. The lowest BCUT2D eigenvalue weighted by Gasteiger charge is -2.39. The summed E-state index contributed by atoms with van der Waals surface area (Å²) in [7, 11) is 2.63. The van der Waals surface area contributed by atoms with E-state index in [0.717, 1.165) is 0 Å². The Morgan fingerprint density at radius 1 is 0.914 bits per heavy atom. The molecule has 12 heteroatoms. The molecular formula is C23H24O12. The summed E-state index contributed by atoms with van der Waals surface area (Å²) in [6, 6.07) is 6.66. The summed E-state index contributed by atoms with van der Waals surface area (Å²) in [4.78, 5) is 12.8. The largest absolute Gasteiger partial charge is 0.502 e. The number of aliphatic hydroxyl groups excluding tert-OH is 4. The molecule has 0 radical (unpaired) electrons. The monoisotopic (exact) mass is 492 g/mol. The van der Waals surface area contributed by atoms with Crippen molar-refractivity contribution in [1.82, 2.24) is 0 Å². The number of methoxy groups -OCH3 is 2. The Labute approximate surface area is 197 Å². The number of aromatic hydroxyl groups is 2. The van der Waals surface area contributed by atoms with Crippen LogP contribution in [0.2, 0.25) is 0 Å². The normalized spacial score (nSPS) is 24.3. The molecule has 35 heavy (non-hydrogen) atoms. The van der Waals surface area contributed by atoms with E-state index < -0.39 is 48.5 Å². The first kappa shape index (κ1) is 24.6. The number of phenols is 1. The van der Waals surface area contributed by atoms with Crippen molar-refractivity contribution in [3.63, 3.8) is 0 Å². The maximum atomic E-state index is 12.8. The number of benzene rings is 2. The summed E-state index contributed by atoms with van der Waals surface area (Å²) >= 11 is 0. The smallest absolute Gasteiger partial charge is 0.235 e. The highest BCUT2D eigenvalue weighted by molar-refractivity contribution is 5.83. The minimum Gasteiger partial charge on any atom is -0.502 e. The molecule has 1 fully saturated rings. The van der Waals surface area contributed by atoms with E-state index in [1.165, 1.54) is 44.6 Å². The molecule has 0 amide bonds. The van der Waals surface area contributed by atoms with Crippen molar-refractivity contribution in [1.29, 1.82) is 0 Å². The zero-order chi connectivity index (χ0) is 25.4. The zero-order valence-corrected chi connectivity index (χ0v) is 18.6. The van der Waals surface area contributed by atoms with Gasteiger partial charge in [-0.05, 0) is 24.3 Å². The number of ether oxygens (including phenoxy) is 4. The quantitative estimate of drug-likeness (QED) is 0.272. The lowest BCUT2D eigenvalue weighted by atomic mass is 9.99. The Balaban J connectivity index is 1.75. The number of phenolic OH excluding ortho intramolecular Hbond substituents is 1. The van der Waals surface area contributed by atoms with Crippen molar-refractivity contribution < 1.29 is 54.0 Å². The lowest BCUT2D eigenvalue weighted by molar-refractivity contribution is -0.277. The number of fused-ring (bicyclic) bond motifs is 1. The summed E-state index contributed by atoms with van der Waals surface area (Å²) in [5, 5.41) is 60.1. The summed E-state index contributed by atoms with van der Waals surface area (Å²) < 4.78 is 26.9. The summed E-state index contributed by atoms with van der Waals surface area (Å²) in [6.07, 6.45) is -7.43. The van der Waals surface area contributed by atoms with E-state index in [4.69, 9.17) is 23.4 Å². The average Bonchev–Trinajstić information content (AvgIpc) is 2.86. The van der Waals surface area contributed by atoms with E-state index in [2.05, 4.69) is 0 Å². The second-order valence-electron chi connectivity index (χ2n) is 7.81. The second kappa shape index (κ2) is 9.60. The Bertz CT molecular complexity index is 1260. The van der Waals surface area contributed by atoms with E-state index in [1.807, 2.05) is 0 Å². The standard InChI is InChI=1S/C23H24O12/c1-31-13-5-9(6-14(32-2)17(13)26)22-20(29)16(25)11-4-3-10(7-12(11)34-22)33-23-21(30)19(28)18(27)15(8-24)35-23/h3-7,15,18-19,21,23-24,26-30H,8H2,1-2H3/t15-,18+,19+,21-,23-/m1/s1. The van der Waals surface area contributed by atoms with Gasteiger partial charge in [-0.25, -0.2) is 0 Å². The first-order valence-electron chi connectivity index (χ1n) is 10.4. The van der Waals surface area contributed by atoms with Crippen molar-refractivity contribution in [2.75, 3.05) is 20.8 Å². The molecule has 12 nitrogen and oxygen atoms in total. The van der Waals surface area contributed by atoms with Crippen LogP contribution in [-0.4, -0.2) is 82.2 Å². The van der Waals surface area contributed by atoms with Crippen LogP contribution in [0.1, 0.15) is 0 Å². The molecule has 1 aliphatic rings. The van der Waals surface area contributed by atoms with Crippen LogP contribution in [0.4, 0.5) is 0 Å². The molecule has 2 heterocycles. The first-order valence-corrected chi connectivity index (χ1v) is 10.4. The molecule has 188 valence electrons. The van der Waals surface area contributed by atoms with Gasteiger partial charge in [0.15, 0.2) is 17.3 Å². The number of rotatable bonds is 6. The minimum absolute atomic E-state index is 0.00380. The van der Waals surface area contributed by atoms with Crippen LogP contribution in [0, 0.1) is 0 Å². The number of hydrogen-bond donors (Lipinski definition) is 6. The van der Waals surface area contributed by atoms with Gasteiger partial charge in [0, 0.05) is 11.6 Å². The summed E-state index contributed by atoms with van der Waals surface area (Å²) in [5.41, 5.74) is -0.573. The van der Waals surface area contributed by atoms with Crippen LogP contribution in [-0.2, 0) is 4.74 Å². The van der Waals surface area contributed by atoms with Gasteiger partial charge in [0.25, 0.3) is 0 Å². The fourth-order valence-corrected chi connectivity index (χ4v) is 3.76. The molecule has 1 aromatic heterocycles. The third kappa shape index (κ3) is 4.33. The number of aliphatic hydroxyl groups is 4. The summed E-state index contributed by atoms with van der Waals surface area (Å²) in [5.74, 6) is -1.11. The Kier molecular flexibility index (Phi) is 6.74. The fourth-order valence-electron chi connectivity index (χ4n) is 3.76. The molecule has 0 aliphatic carbocycles. The van der Waals surface area contributed by atoms with Gasteiger partial charge in [-0.3, -0.25) is 4.79 Å². The van der Waals surface area contributed by atoms with Gasteiger partial charge in [-0.1, -0.05) is 0 Å². The molecule has 1 aliphatic heterocycles. The van der Waals surface area contributed by atoms with E-state index in [9.17, 15) is 35.4 Å². The van der Waals surface area contributed by atoms with Gasteiger partial charge < -0.3 is 54.0 Å². The van der Waals surface area contributed by atoms with Crippen molar-refractivity contribution >= 4 is 11.0 Å². The highest BCUT2D eigenvalue weighted by Gasteiger charge is 2.44. The van der Waals surface area contributed by atoms with Gasteiger partial charge in [-0.2, -0.15) is 0 Å². The first-order chi connectivity index (χ1) is 16.7. The predicted octanol–water partition coefficient (Wildman–Crippen LogP) is 0.0671. The van der Waals surface area contributed by atoms with Crippen LogP contribution in [0.25, 0.3) is 22.3 Å². The molecule has 6 N–H and O–H groups in total.